The molecule has 0 spiro atoms. The van der Waals surface area contributed by atoms with E-state index in [2.05, 4.69) is 13.8 Å². The summed E-state index contributed by atoms with van der Waals surface area (Å²) in [5.74, 6) is -0.499. The fraction of sp³-hybridized carbons (Fsp3) is 0.611. The predicted octanol–water partition coefficient (Wildman–Crippen LogP) is 3.58. The molecular weight excluding hydrogens is 280 g/mol. The van der Waals surface area contributed by atoms with Gasteiger partial charge < -0.3 is 14.9 Å². The van der Waals surface area contributed by atoms with Gasteiger partial charge in [-0.15, -0.1) is 0 Å². The average Bonchev–Trinajstić information content (AvgIpc) is 2.48. The Labute approximate surface area is 132 Å². The van der Waals surface area contributed by atoms with Crippen LogP contribution in [-0.4, -0.2) is 29.4 Å². The van der Waals surface area contributed by atoms with E-state index in [1.54, 1.807) is 12.1 Å². The highest BCUT2D eigenvalue weighted by atomic mass is 16.5. The van der Waals surface area contributed by atoms with Gasteiger partial charge in [-0.1, -0.05) is 26.0 Å². The van der Waals surface area contributed by atoms with E-state index in [9.17, 15) is 15.0 Å². The third-order valence-electron chi connectivity index (χ3n) is 4.88. The Morgan fingerprint density at radius 2 is 1.86 bits per heavy atom. The fourth-order valence-electron chi connectivity index (χ4n) is 3.25. The van der Waals surface area contributed by atoms with Crippen LogP contribution in [-0.2, 0) is 14.9 Å². The van der Waals surface area contributed by atoms with Gasteiger partial charge >= 0.3 is 5.97 Å². The van der Waals surface area contributed by atoms with E-state index in [-0.39, 0.29) is 23.0 Å². The molecule has 0 saturated carbocycles. The van der Waals surface area contributed by atoms with Crippen LogP contribution in [0.5, 0.6) is 5.75 Å². The first-order valence-electron chi connectivity index (χ1n) is 8.00. The van der Waals surface area contributed by atoms with E-state index in [0.29, 0.717) is 19.6 Å². The number of ether oxygens (including phenoxy) is 1. The van der Waals surface area contributed by atoms with Gasteiger partial charge in [0.2, 0.25) is 0 Å². The summed E-state index contributed by atoms with van der Waals surface area (Å²) in [4.78, 5) is 11.6. The summed E-state index contributed by atoms with van der Waals surface area (Å²) in [6.07, 6.45) is 3.17. The van der Waals surface area contributed by atoms with Gasteiger partial charge in [-0.3, -0.25) is 4.79 Å². The molecule has 0 aromatic heterocycles. The van der Waals surface area contributed by atoms with E-state index < -0.39 is 5.97 Å². The highest BCUT2D eigenvalue weighted by Gasteiger charge is 2.32. The normalized spacial score (nSPS) is 18.1. The number of phenolic OH excluding ortho intramolecular Hbond substituents is 1. The SMILES string of the molecule is CC(C)(CCC(C(=O)O)C1CCOCC1)c1ccc(O)cc1. The maximum atomic E-state index is 11.6. The molecule has 1 aliphatic heterocycles. The molecule has 22 heavy (non-hydrogen) atoms. The minimum atomic E-state index is -0.687. The van der Waals surface area contributed by atoms with Gasteiger partial charge in [0.15, 0.2) is 0 Å². The summed E-state index contributed by atoms with van der Waals surface area (Å²) < 4.78 is 5.34. The van der Waals surface area contributed by atoms with Crippen LogP contribution in [0.15, 0.2) is 24.3 Å². The van der Waals surface area contributed by atoms with E-state index in [1.807, 2.05) is 12.1 Å². The lowest BCUT2D eigenvalue weighted by molar-refractivity contribution is -0.145. The number of carbonyl (C=O) groups is 1. The predicted molar refractivity (Wildman–Crippen MR) is 85.0 cm³/mol. The van der Waals surface area contributed by atoms with Crippen molar-refractivity contribution in [1.29, 1.82) is 0 Å². The summed E-state index contributed by atoms with van der Waals surface area (Å²) in [5, 5.41) is 18.9. The number of carboxylic acids is 1. The Morgan fingerprint density at radius 3 is 2.41 bits per heavy atom. The average molecular weight is 306 g/mol. The van der Waals surface area contributed by atoms with Gasteiger partial charge in [0, 0.05) is 13.2 Å². The second-order valence-electron chi connectivity index (χ2n) is 6.86. The van der Waals surface area contributed by atoms with Crippen molar-refractivity contribution in [3.05, 3.63) is 29.8 Å². The number of benzene rings is 1. The molecule has 0 amide bonds. The summed E-state index contributed by atoms with van der Waals surface area (Å²) in [5.41, 5.74) is 1.02. The first kappa shape index (κ1) is 16.8. The molecule has 2 N–H and O–H groups in total. The lowest BCUT2D eigenvalue weighted by Crippen LogP contribution is -2.30. The summed E-state index contributed by atoms with van der Waals surface area (Å²) in [6, 6.07) is 7.20. The zero-order valence-electron chi connectivity index (χ0n) is 13.4. The Hall–Kier alpha value is -1.55. The van der Waals surface area contributed by atoms with Crippen molar-refractivity contribution in [2.75, 3.05) is 13.2 Å². The molecule has 1 fully saturated rings. The molecular formula is C18H26O4. The van der Waals surface area contributed by atoms with Crippen LogP contribution in [0.1, 0.15) is 45.1 Å². The topological polar surface area (TPSA) is 66.8 Å². The third kappa shape index (κ3) is 4.23. The lowest BCUT2D eigenvalue weighted by atomic mass is 9.75. The molecule has 1 saturated heterocycles. The van der Waals surface area contributed by atoms with Crippen LogP contribution >= 0.6 is 0 Å². The lowest BCUT2D eigenvalue weighted by Gasteiger charge is -2.31. The van der Waals surface area contributed by atoms with Gasteiger partial charge in [0.1, 0.15) is 5.75 Å². The van der Waals surface area contributed by atoms with Gasteiger partial charge in [0.05, 0.1) is 5.92 Å². The molecule has 1 unspecified atom stereocenters. The molecule has 122 valence electrons. The molecule has 1 atom stereocenters. The number of aliphatic carboxylic acids is 1. The van der Waals surface area contributed by atoms with Crippen molar-refractivity contribution >= 4 is 5.97 Å². The molecule has 4 heteroatoms. The monoisotopic (exact) mass is 306 g/mol. The van der Waals surface area contributed by atoms with Crippen LogP contribution in [0, 0.1) is 11.8 Å². The van der Waals surface area contributed by atoms with Gasteiger partial charge in [-0.2, -0.15) is 0 Å². The molecule has 1 aromatic rings. The number of rotatable bonds is 6. The molecule has 0 bridgehead atoms. The van der Waals surface area contributed by atoms with Crippen LogP contribution in [0.25, 0.3) is 0 Å². The minimum Gasteiger partial charge on any atom is -0.508 e. The number of carboxylic acid groups (broad SMARTS) is 1. The quantitative estimate of drug-likeness (QED) is 0.843. The first-order valence-corrected chi connectivity index (χ1v) is 8.00. The van der Waals surface area contributed by atoms with Crippen LogP contribution < -0.4 is 0 Å². The number of hydrogen-bond acceptors (Lipinski definition) is 3. The van der Waals surface area contributed by atoms with Gasteiger partial charge in [0.25, 0.3) is 0 Å². The van der Waals surface area contributed by atoms with E-state index in [1.165, 1.54) is 0 Å². The van der Waals surface area contributed by atoms with Crippen molar-refractivity contribution < 1.29 is 19.7 Å². The summed E-state index contributed by atoms with van der Waals surface area (Å²) >= 11 is 0. The summed E-state index contributed by atoms with van der Waals surface area (Å²) in [6.45, 7) is 5.61. The van der Waals surface area contributed by atoms with Crippen molar-refractivity contribution in [3.63, 3.8) is 0 Å². The maximum Gasteiger partial charge on any atom is 0.306 e. The van der Waals surface area contributed by atoms with Crippen molar-refractivity contribution in [2.24, 2.45) is 11.8 Å². The minimum absolute atomic E-state index is 0.105. The smallest absolute Gasteiger partial charge is 0.306 e. The molecule has 1 heterocycles. The van der Waals surface area contributed by atoms with Crippen molar-refractivity contribution in [3.8, 4) is 5.75 Å². The van der Waals surface area contributed by atoms with E-state index in [0.717, 1.165) is 24.8 Å². The number of hydrogen-bond donors (Lipinski definition) is 2. The first-order chi connectivity index (χ1) is 10.4. The Balaban J connectivity index is 2.01. The third-order valence-corrected chi connectivity index (χ3v) is 4.88. The second-order valence-corrected chi connectivity index (χ2v) is 6.86. The zero-order valence-corrected chi connectivity index (χ0v) is 13.4. The molecule has 4 nitrogen and oxygen atoms in total. The Kier molecular flexibility index (Phi) is 5.46. The highest BCUT2D eigenvalue weighted by molar-refractivity contribution is 5.70. The molecule has 0 aliphatic carbocycles. The fourth-order valence-corrected chi connectivity index (χ4v) is 3.25. The summed E-state index contributed by atoms with van der Waals surface area (Å²) in [7, 11) is 0. The molecule has 1 aliphatic rings. The van der Waals surface area contributed by atoms with E-state index >= 15 is 0 Å². The number of phenols is 1. The Bertz CT molecular complexity index is 486. The van der Waals surface area contributed by atoms with E-state index in [4.69, 9.17) is 4.74 Å². The van der Waals surface area contributed by atoms with Gasteiger partial charge in [-0.25, -0.2) is 0 Å². The highest BCUT2D eigenvalue weighted by Crippen LogP contribution is 2.34. The molecule has 1 aromatic carbocycles. The van der Waals surface area contributed by atoms with Crippen LogP contribution in [0.4, 0.5) is 0 Å². The van der Waals surface area contributed by atoms with Gasteiger partial charge in [-0.05, 0) is 54.7 Å². The Morgan fingerprint density at radius 1 is 1.27 bits per heavy atom. The molecule has 0 radical (unpaired) electrons. The molecule has 2 rings (SSSR count). The van der Waals surface area contributed by atoms with Crippen LogP contribution in [0.2, 0.25) is 0 Å². The zero-order chi connectivity index (χ0) is 16.2. The van der Waals surface area contributed by atoms with Crippen molar-refractivity contribution in [1.82, 2.24) is 0 Å². The largest absolute Gasteiger partial charge is 0.508 e. The number of aromatic hydroxyl groups is 1. The standard InChI is InChI=1S/C18H26O4/c1-18(2,14-3-5-15(19)6-4-14)10-7-16(17(20)21)13-8-11-22-12-9-13/h3-6,13,16,19H,7-12H2,1-2H3,(H,20,21). The van der Waals surface area contributed by atoms with Crippen molar-refractivity contribution in [2.45, 2.75) is 44.9 Å². The second kappa shape index (κ2) is 7.14. The van der Waals surface area contributed by atoms with Crippen LogP contribution in [0.3, 0.4) is 0 Å². The maximum absolute atomic E-state index is 11.6.